The van der Waals surface area contributed by atoms with E-state index in [4.69, 9.17) is 0 Å². The molecule has 1 aliphatic carbocycles. The van der Waals surface area contributed by atoms with Crippen LogP contribution < -0.4 is 0 Å². The SMILES string of the molecule is CC(C)c1cc(-c2ccc3cc(-c4ccc5ccccc5c4)ccc3c2)cc(-c2cc3c(c4ccccc24)-c2c(ccc4ccccc24)C3(C)C)c1. The van der Waals surface area contributed by atoms with E-state index < -0.39 is 0 Å². The number of fused-ring (bicyclic) bond motifs is 9. The van der Waals surface area contributed by atoms with Gasteiger partial charge < -0.3 is 0 Å². The molecule has 0 aliphatic heterocycles. The first-order chi connectivity index (χ1) is 25.3. The highest BCUT2D eigenvalue weighted by Gasteiger charge is 2.38. The summed E-state index contributed by atoms with van der Waals surface area (Å²) in [6.07, 6.45) is 0. The van der Waals surface area contributed by atoms with E-state index in [0.29, 0.717) is 5.92 Å². The maximum Gasteiger partial charge on any atom is 0.0159 e. The summed E-state index contributed by atoms with van der Waals surface area (Å²) < 4.78 is 0. The first-order valence-corrected chi connectivity index (χ1v) is 18.6. The minimum Gasteiger partial charge on any atom is -0.0616 e. The average Bonchev–Trinajstić information content (AvgIpc) is 3.42. The standard InChI is InChI=1S/C52H40/c1-32(2)41-28-42(40-22-21-38-26-37(19-20-39(38)27-40)36-18-17-33-11-5-6-13-35(33)25-36)30-43(29-41)47-31-49-51(46-16-10-9-15-45(46)47)50-44-14-8-7-12-34(44)23-24-48(50)52(49,3)4/h5-32H,1-4H3. The molecule has 0 N–H and O–H groups in total. The lowest BCUT2D eigenvalue weighted by atomic mass is 9.80. The summed E-state index contributed by atoms with van der Waals surface area (Å²) in [5.74, 6) is 0.399. The number of hydrogen-bond donors (Lipinski definition) is 0. The molecule has 9 aromatic rings. The molecule has 9 aromatic carbocycles. The lowest BCUT2D eigenvalue weighted by molar-refractivity contribution is 0.661. The van der Waals surface area contributed by atoms with Gasteiger partial charge in [-0.2, -0.15) is 0 Å². The van der Waals surface area contributed by atoms with Crippen molar-refractivity contribution in [3.8, 4) is 44.5 Å². The van der Waals surface area contributed by atoms with Gasteiger partial charge in [-0.25, -0.2) is 0 Å². The molecule has 0 atom stereocenters. The van der Waals surface area contributed by atoms with Gasteiger partial charge in [-0.1, -0.05) is 161 Å². The van der Waals surface area contributed by atoms with Crippen molar-refractivity contribution in [1.82, 2.24) is 0 Å². The van der Waals surface area contributed by atoms with Crippen molar-refractivity contribution in [2.75, 3.05) is 0 Å². The molecule has 1 aliphatic rings. The molecule has 0 radical (unpaired) electrons. The fraction of sp³-hybridized carbons (Fsp3) is 0.115. The van der Waals surface area contributed by atoms with Crippen molar-refractivity contribution in [2.24, 2.45) is 0 Å². The van der Waals surface area contributed by atoms with Crippen LogP contribution in [-0.2, 0) is 5.41 Å². The van der Waals surface area contributed by atoms with E-state index in [1.165, 1.54) is 104 Å². The summed E-state index contributed by atoms with van der Waals surface area (Å²) in [5.41, 5.74) is 14.5. The monoisotopic (exact) mass is 664 g/mol. The average molecular weight is 665 g/mol. The zero-order valence-electron chi connectivity index (χ0n) is 30.2. The molecule has 0 unspecified atom stereocenters. The minimum absolute atomic E-state index is 0.115. The molecule has 0 bridgehead atoms. The Morgan fingerprint density at radius 1 is 0.365 bits per heavy atom. The number of rotatable bonds is 4. The molecule has 0 saturated carbocycles. The van der Waals surface area contributed by atoms with E-state index in [9.17, 15) is 0 Å². The third-order valence-electron chi connectivity index (χ3n) is 11.8. The maximum absolute atomic E-state index is 2.52. The topological polar surface area (TPSA) is 0 Å². The molecule has 0 spiro atoms. The van der Waals surface area contributed by atoms with Gasteiger partial charge in [0.2, 0.25) is 0 Å². The van der Waals surface area contributed by atoms with Crippen LogP contribution in [-0.4, -0.2) is 0 Å². The van der Waals surface area contributed by atoms with E-state index in [2.05, 4.69) is 191 Å². The second-order valence-electron chi connectivity index (χ2n) is 15.6. The zero-order valence-corrected chi connectivity index (χ0v) is 30.2. The van der Waals surface area contributed by atoms with E-state index in [-0.39, 0.29) is 5.41 Å². The van der Waals surface area contributed by atoms with Crippen LogP contribution in [0, 0.1) is 0 Å². The molecule has 0 amide bonds. The summed E-state index contributed by atoms with van der Waals surface area (Å²) in [4.78, 5) is 0. The third-order valence-corrected chi connectivity index (χ3v) is 11.8. The smallest absolute Gasteiger partial charge is 0.0159 e. The van der Waals surface area contributed by atoms with Gasteiger partial charge in [0.15, 0.2) is 0 Å². The Kier molecular flexibility index (Phi) is 6.83. The van der Waals surface area contributed by atoms with Gasteiger partial charge in [0.1, 0.15) is 0 Å². The van der Waals surface area contributed by atoms with Gasteiger partial charge in [0, 0.05) is 5.41 Å². The van der Waals surface area contributed by atoms with Gasteiger partial charge >= 0.3 is 0 Å². The van der Waals surface area contributed by atoms with Crippen LogP contribution in [0.4, 0.5) is 0 Å². The third kappa shape index (κ3) is 4.75. The lowest BCUT2D eigenvalue weighted by Crippen LogP contribution is -2.15. The van der Waals surface area contributed by atoms with Crippen LogP contribution in [0.1, 0.15) is 50.3 Å². The fourth-order valence-electron chi connectivity index (χ4n) is 8.86. The van der Waals surface area contributed by atoms with Gasteiger partial charge in [0.05, 0.1) is 0 Å². The van der Waals surface area contributed by atoms with Crippen molar-refractivity contribution in [1.29, 1.82) is 0 Å². The molecular formula is C52H40. The molecule has 0 heterocycles. The molecule has 0 aromatic heterocycles. The Bertz CT molecular complexity index is 2900. The summed E-state index contributed by atoms with van der Waals surface area (Å²) in [7, 11) is 0. The number of benzene rings is 9. The predicted molar refractivity (Wildman–Crippen MR) is 224 cm³/mol. The summed E-state index contributed by atoms with van der Waals surface area (Å²) in [6.45, 7) is 9.43. The van der Waals surface area contributed by atoms with Crippen LogP contribution in [0.2, 0.25) is 0 Å². The number of hydrogen-bond acceptors (Lipinski definition) is 0. The zero-order chi connectivity index (χ0) is 35.1. The molecule has 0 heteroatoms. The summed E-state index contributed by atoms with van der Waals surface area (Å²) in [5, 5.41) is 10.3. The van der Waals surface area contributed by atoms with Crippen LogP contribution in [0.5, 0.6) is 0 Å². The Balaban J connectivity index is 1.12. The Morgan fingerprint density at radius 2 is 0.865 bits per heavy atom. The molecule has 52 heavy (non-hydrogen) atoms. The molecule has 10 rings (SSSR count). The van der Waals surface area contributed by atoms with E-state index in [1.54, 1.807) is 0 Å². The first kappa shape index (κ1) is 30.8. The highest BCUT2D eigenvalue weighted by atomic mass is 14.4. The van der Waals surface area contributed by atoms with Crippen molar-refractivity contribution in [3.63, 3.8) is 0 Å². The summed E-state index contributed by atoms with van der Waals surface area (Å²) >= 11 is 0. The Labute approximate surface area is 306 Å². The molecule has 0 nitrogen and oxygen atoms in total. The van der Waals surface area contributed by atoms with Crippen LogP contribution in [0.25, 0.3) is 87.6 Å². The van der Waals surface area contributed by atoms with E-state index in [1.807, 2.05) is 0 Å². The maximum atomic E-state index is 2.52. The predicted octanol–water partition coefficient (Wildman–Crippen LogP) is 14.7. The van der Waals surface area contributed by atoms with Gasteiger partial charge in [-0.3, -0.25) is 0 Å². The molecule has 0 saturated heterocycles. The first-order valence-electron chi connectivity index (χ1n) is 18.6. The van der Waals surface area contributed by atoms with E-state index >= 15 is 0 Å². The van der Waals surface area contributed by atoms with Crippen molar-refractivity contribution >= 4 is 43.1 Å². The molecular weight excluding hydrogens is 625 g/mol. The van der Waals surface area contributed by atoms with Crippen molar-refractivity contribution < 1.29 is 0 Å². The van der Waals surface area contributed by atoms with E-state index in [0.717, 1.165) is 0 Å². The highest BCUT2D eigenvalue weighted by Crippen LogP contribution is 2.55. The largest absolute Gasteiger partial charge is 0.0616 e. The molecule has 248 valence electrons. The normalized spacial score (nSPS) is 13.3. The van der Waals surface area contributed by atoms with Gasteiger partial charge in [-0.05, 0) is 141 Å². The second-order valence-corrected chi connectivity index (χ2v) is 15.6. The molecule has 0 fully saturated rings. The van der Waals surface area contributed by atoms with Gasteiger partial charge in [0.25, 0.3) is 0 Å². The fourth-order valence-corrected chi connectivity index (χ4v) is 8.86. The Hall–Kier alpha value is -5.98. The van der Waals surface area contributed by atoms with Crippen LogP contribution >= 0.6 is 0 Å². The second kappa shape index (κ2) is 11.5. The van der Waals surface area contributed by atoms with Crippen molar-refractivity contribution in [2.45, 2.75) is 39.0 Å². The van der Waals surface area contributed by atoms with Gasteiger partial charge in [-0.15, -0.1) is 0 Å². The quantitative estimate of drug-likeness (QED) is 0.176. The minimum atomic E-state index is -0.115. The van der Waals surface area contributed by atoms with Crippen LogP contribution in [0.15, 0.2) is 164 Å². The lowest BCUT2D eigenvalue weighted by Gasteiger charge is -2.23. The highest BCUT2D eigenvalue weighted by molar-refractivity contribution is 6.14. The van der Waals surface area contributed by atoms with Crippen molar-refractivity contribution in [3.05, 3.63) is 180 Å². The Morgan fingerprint density at radius 3 is 1.56 bits per heavy atom. The summed E-state index contributed by atoms with van der Waals surface area (Å²) in [6, 6.07) is 61.6. The van der Waals surface area contributed by atoms with Crippen LogP contribution in [0.3, 0.4) is 0 Å².